The Balaban J connectivity index is 3.60. The van der Waals surface area contributed by atoms with Crippen LogP contribution in [0, 0.1) is 0 Å². The highest BCUT2D eigenvalue weighted by atomic mass is 79.9. The van der Waals surface area contributed by atoms with Gasteiger partial charge in [0.1, 0.15) is 5.56 Å². The van der Waals surface area contributed by atoms with Crippen LogP contribution in [0.25, 0.3) is 0 Å². The van der Waals surface area contributed by atoms with Crippen LogP contribution in [0.4, 0.5) is 26.3 Å². The highest BCUT2D eigenvalue weighted by Gasteiger charge is 2.43. The first-order chi connectivity index (χ1) is 8.95. The van der Waals surface area contributed by atoms with E-state index in [2.05, 4.69) is 25.7 Å². The zero-order valence-electron chi connectivity index (χ0n) is 9.07. The Bertz CT molecular complexity index is 530. The van der Waals surface area contributed by atoms with E-state index < -0.39 is 34.8 Å². The largest absolute Gasteiger partial charge is 0.574 e. The zero-order valence-corrected chi connectivity index (χ0v) is 11.4. The lowest BCUT2D eigenvalue weighted by Crippen LogP contribution is -2.23. The van der Waals surface area contributed by atoms with E-state index >= 15 is 0 Å². The van der Waals surface area contributed by atoms with Gasteiger partial charge in [-0.2, -0.15) is 13.2 Å². The van der Waals surface area contributed by atoms with E-state index in [9.17, 15) is 31.1 Å². The van der Waals surface area contributed by atoms with Crippen molar-refractivity contribution in [2.75, 3.05) is 0 Å². The predicted molar refractivity (Wildman–Crippen MR) is 58.7 cm³/mol. The van der Waals surface area contributed by atoms with Gasteiger partial charge in [-0.1, -0.05) is 15.9 Å². The average molecular weight is 386 g/mol. The molecule has 3 nitrogen and oxygen atoms in total. The fourth-order valence-corrected chi connectivity index (χ4v) is 1.69. The summed E-state index contributed by atoms with van der Waals surface area (Å²) >= 11 is 7.76. The lowest BCUT2D eigenvalue weighted by molar-refractivity contribution is -0.277. The van der Waals surface area contributed by atoms with Crippen molar-refractivity contribution >= 4 is 32.8 Å². The van der Waals surface area contributed by atoms with Crippen molar-refractivity contribution in [3.05, 3.63) is 22.9 Å². The number of nitrogens with zero attached hydrogens (tertiary/aromatic N) is 1. The summed E-state index contributed by atoms with van der Waals surface area (Å²) in [5.74, 6) is -1.77. The average Bonchev–Trinajstić information content (AvgIpc) is 2.23. The van der Waals surface area contributed by atoms with Gasteiger partial charge >= 0.3 is 12.5 Å². The van der Waals surface area contributed by atoms with Gasteiger partial charge < -0.3 is 4.74 Å². The molecule has 0 aliphatic rings. The number of carbonyl (C=O) groups is 1. The van der Waals surface area contributed by atoms with Gasteiger partial charge in [0.05, 0.1) is 11.3 Å². The number of alkyl halides is 7. The summed E-state index contributed by atoms with van der Waals surface area (Å²) in [4.78, 5) is 14.1. The van der Waals surface area contributed by atoms with Crippen LogP contribution in [-0.4, -0.2) is 16.6 Å². The van der Waals surface area contributed by atoms with Gasteiger partial charge in [0.25, 0.3) is 5.24 Å². The summed E-state index contributed by atoms with van der Waals surface area (Å²) in [6.07, 6.45) is -10.7. The molecule has 0 saturated carbocycles. The number of hydrogen-bond donors (Lipinski definition) is 0. The first kappa shape index (κ1) is 17.0. The van der Waals surface area contributed by atoms with Crippen molar-refractivity contribution in [1.29, 1.82) is 0 Å². The van der Waals surface area contributed by atoms with E-state index in [0.717, 1.165) is 0 Å². The van der Waals surface area contributed by atoms with Crippen molar-refractivity contribution in [1.82, 2.24) is 4.98 Å². The summed E-state index contributed by atoms with van der Waals surface area (Å²) < 4.78 is 77.9. The van der Waals surface area contributed by atoms with Crippen molar-refractivity contribution in [3.8, 4) is 5.88 Å². The van der Waals surface area contributed by atoms with Crippen LogP contribution in [0.3, 0.4) is 0 Å². The van der Waals surface area contributed by atoms with Crippen LogP contribution in [-0.2, 0) is 11.5 Å². The summed E-state index contributed by atoms with van der Waals surface area (Å²) in [6.45, 7) is 0. The molecule has 112 valence electrons. The molecule has 20 heavy (non-hydrogen) atoms. The minimum absolute atomic E-state index is 0.198. The second-order valence-electron chi connectivity index (χ2n) is 3.29. The molecule has 0 atom stereocenters. The van der Waals surface area contributed by atoms with Gasteiger partial charge in [-0.05, 0) is 17.7 Å². The van der Waals surface area contributed by atoms with Crippen LogP contribution in [0.5, 0.6) is 5.88 Å². The molecule has 0 bridgehead atoms. The van der Waals surface area contributed by atoms with E-state index in [4.69, 9.17) is 11.6 Å². The summed E-state index contributed by atoms with van der Waals surface area (Å²) in [5.41, 5.74) is -3.41. The lowest BCUT2D eigenvalue weighted by Gasteiger charge is -2.17. The molecule has 11 heteroatoms. The second kappa shape index (κ2) is 5.76. The molecule has 0 aromatic carbocycles. The Hall–Kier alpha value is -1.03. The molecule has 0 aliphatic heterocycles. The van der Waals surface area contributed by atoms with Crippen molar-refractivity contribution in [2.45, 2.75) is 17.9 Å². The van der Waals surface area contributed by atoms with Crippen molar-refractivity contribution in [3.63, 3.8) is 0 Å². The fourth-order valence-electron chi connectivity index (χ4n) is 1.25. The Morgan fingerprint density at radius 3 is 2.20 bits per heavy atom. The monoisotopic (exact) mass is 385 g/mol. The fraction of sp³-hybridized carbons (Fsp3) is 0.333. The molecule has 0 spiro atoms. The van der Waals surface area contributed by atoms with Gasteiger partial charge in [0.15, 0.2) is 0 Å². The van der Waals surface area contributed by atoms with Crippen LogP contribution in [0.15, 0.2) is 6.07 Å². The quantitative estimate of drug-likeness (QED) is 0.442. The highest BCUT2D eigenvalue weighted by Crippen LogP contribution is 2.40. The number of carbonyl (C=O) groups excluding carboxylic acids is 1. The first-order valence-corrected chi connectivity index (χ1v) is 6.08. The zero-order chi connectivity index (χ0) is 15.7. The Labute approximate surface area is 121 Å². The molecule has 1 aromatic rings. The Morgan fingerprint density at radius 2 is 1.85 bits per heavy atom. The molecular formula is C9H3BrClF6NO2. The SMILES string of the molecule is O=C(Cl)c1cc(CBr)nc(OC(F)(F)F)c1C(F)(F)F. The molecule has 0 aliphatic carbocycles. The van der Waals surface area contributed by atoms with E-state index in [-0.39, 0.29) is 11.0 Å². The van der Waals surface area contributed by atoms with Crippen molar-refractivity contribution < 1.29 is 35.9 Å². The van der Waals surface area contributed by atoms with E-state index in [1.807, 2.05) is 0 Å². The third-order valence-corrected chi connectivity index (χ3v) is 2.66. The predicted octanol–water partition coefficient (Wildman–Crippen LogP) is 4.27. The molecule has 1 rings (SSSR count). The Morgan fingerprint density at radius 1 is 1.30 bits per heavy atom. The maximum Gasteiger partial charge on any atom is 0.574 e. The third kappa shape index (κ3) is 4.23. The van der Waals surface area contributed by atoms with Crippen LogP contribution >= 0.6 is 27.5 Å². The molecule has 0 fully saturated rings. The number of rotatable bonds is 3. The molecule has 0 N–H and O–H groups in total. The molecule has 0 unspecified atom stereocenters. The Kier molecular flexibility index (Phi) is 4.90. The lowest BCUT2D eigenvalue weighted by atomic mass is 10.1. The first-order valence-electron chi connectivity index (χ1n) is 4.58. The van der Waals surface area contributed by atoms with Gasteiger partial charge in [-0.3, -0.25) is 4.79 Å². The van der Waals surface area contributed by atoms with Gasteiger partial charge in [-0.25, -0.2) is 4.98 Å². The van der Waals surface area contributed by atoms with Crippen LogP contribution in [0.2, 0.25) is 0 Å². The van der Waals surface area contributed by atoms with Crippen LogP contribution < -0.4 is 4.74 Å². The van der Waals surface area contributed by atoms with Gasteiger partial charge in [0, 0.05) is 5.33 Å². The number of aromatic nitrogens is 1. The molecule has 1 aromatic heterocycles. The van der Waals surface area contributed by atoms with Gasteiger partial charge in [0.2, 0.25) is 5.88 Å². The standard InChI is InChI=1S/C9H3BrClF6NO2/c10-2-3-1-4(6(11)19)5(8(12,13)14)7(18-3)20-9(15,16)17/h1H,2H2. The topological polar surface area (TPSA) is 39.2 Å². The van der Waals surface area contributed by atoms with E-state index in [1.165, 1.54) is 0 Å². The molecule has 0 saturated heterocycles. The van der Waals surface area contributed by atoms with E-state index in [0.29, 0.717) is 6.07 Å². The number of halogens is 8. The van der Waals surface area contributed by atoms with Crippen molar-refractivity contribution in [2.24, 2.45) is 0 Å². The van der Waals surface area contributed by atoms with Crippen LogP contribution in [0.1, 0.15) is 21.6 Å². The highest BCUT2D eigenvalue weighted by molar-refractivity contribution is 9.08. The molecular weight excluding hydrogens is 383 g/mol. The summed E-state index contributed by atoms with van der Waals surface area (Å²) in [5, 5.41) is -1.77. The minimum atomic E-state index is -5.40. The maximum atomic E-state index is 12.8. The molecule has 0 radical (unpaired) electrons. The van der Waals surface area contributed by atoms with Gasteiger partial charge in [-0.15, -0.1) is 13.2 Å². The minimum Gasteiger partial charge on any atom is -0.387 e. The molecule has 0 amide bonds. The number of pyridine rings is 1. The summed E-state index contributed by atoms with van der Waals surface area (Å²) in [7, 11) is 0. The number of ether oxygens (including phenoxy) is 1. The third-order valence-electron chi connectivity index (χ3n) is 1.88. The number of hydrogen-bond acceptors (Lipinski definition) is 3. The summed E-state index contributed by atoms with van der Waals surface area (Å²) in [6, 6.07) is 0.635. The second-order valence-corrected chi connectivity index (χ2v) is 4.20. The normalized spacial score (nSPS) is 12.4. The van der Waals surface area contributed by atoms with E-state index in [1.54, 1.807) is 0 Å². The molecule has 1 heterocycles. The maximum absolute atomic E-state index is 12.8. The smallest absolute Gasteiger partial charge is 0.387 e.